The van der Waals surface area contributed by atoms with Crippen molar-refractivity contribution in [1.29, 1.82) is 0 Å². The van der Waals surface area contributed by atoms with Crippen molar-refractivity contribution < 1.29 is 29.0 Å². The van der Waals surface area contributed by atoms with Crippen LogP contribution in [0, 0.1) is 0 Å². The molecule has 0 unspecified atom stereocenters. The number of rotatable bonds is 11. The SMILES string of the molecule is CC(=O)N(C)CCNC(=O)c1cc(/N=N/c2ccc(COC(=O)N(C)CCN(C)C(C)=O)cc2)ccc1O. The van der Waals surface area contributed by atoms with Crippen LogP contribution >= 0.6 is 0 Å². The summed E-state index contributed by atoms with van der Waals surface area (Å²) in [5.74, 6) is -0.883. The van der Waals surface area contributed by atoms with Crippen molar-refractivity contribution in [2.45, 2.75) is 20.5 Å². The molecule has 0 heterocycles. The number of aromatic hydroxyl groups is 1. The lowest BCUT2D eigenvalue weighted by molar-refractivity contribution is -0.128. The van der Waals surface area contributed by atoms with Crippen LogP contribution in [-0.4, -0.2) is 90.9 Å². The molecular formula is C26H34N6O6. The summed E-state index contributed by atoms with van der Waals surface area (Å²) < 4.78 is 5.30. The molecule has 0 fully saturated rings. The second kappa shape index (κ2) is 14.3. The lowest BCUT2D eigenvalue weighted by Crippen LogP contribution is -2.36. The number of azo groups is 1. The van der Waals surface area contributed by atoms with E-state index in [2.05, 4.69) is 15.5 Å². The quantitative estimate of drug-likeness (QED) is 0.431. The summed E-state index contributed by atoms with van der Waals surface area (Å²) in [6, 6.07) is 11.2. The van der Waals surface area contributed by atoms with Crippen molar-refractivity contribution in [2.24, 2.45) is 10.2 Å². The van der Waals surface area contributed by atoms with E-state index in [0.29, 0.717) is 31.0 Å². The summed E-state index contributed by atoms with van der Waals surface area (Å²) in [5, 5.41) is 21.0. The Hall–Kier alpha value is -4.48. The van der Waals surface area contributed by atoms with Gasteiger partial charge >= 0.3 is 6.09 Å². The minimum absolute atomic E-state index is 0.0435. The molecule has 0 saturated carbocycles. The normalized spacial score (nSPS) is 10.7. The lowest BCUT2D eigenvalue weighted by atomic mass is 10.1. The van der Waals surface area contributed by atoms with Crippen molar-refractivity contribution in [3.63, 3.8) is 0 Å². The maximum Gasteiger partial charge on any atom is 0.409 e. The van der Waals surface area contributed by atoms with Crippen LogP contribution in [0.2, 0.25) is 0 Å². The molecule has 2 N–H and O–H groups in total. The van der Waals surface area contributed by atoms with Crippen molar-refractivity contribution in [2.75, 3.05) is 47.3 Å². The first-order chi connectivity index (χ1) is 18.0. The summed E-state index contributed by atoms with van der Waals surface area (Å²) in [5.41, 5.74) is 1.70. The lowest BCUT2D eigenvalue weighted by Gasteiger charge is -2.21. The summed E-state index contributed by atoms with van der Waals surface area (Å²) in [6.07, 6.45) is -0.497. The van der Waals surface area contributed by atoms with Gasteiger partial charge in [-0.25, -0.2) is 4.79 Å². The number of phenolic OH excluding ortho intramolecular Hbond substituents is 1. The second-order valence-corrected chi connectivity index (χ2v) is 8.68. The molecule has 0 saturated heterocycles. The molecule has 4 amide bonds. The van der Waals surface area contributed by atoms with Crippen LogP contribution in [0.15, 0.2) is 52.7 Å². The summed E-state index contributed by atoms with van der Waals surface area (Å²) >= 11 is 0. The molecule has 2 aromatic carbocycles. The highest BCUT2D eigenvalue weighted by Crippen LogP contribution is 2.25. The predicted molar refractivity (Wildman–Crippen MR) is 140 cm³/mol. The van der Waals surface area contributed by atoms with E-state index in [1.165, 1.54) is 46.7 Å². The Bertz CT molecular complexity index is 1170. The molecule has 12 heteroatoms. The molecule has 38 heavy (non-hydrogen) atoms. The Labute approximate surface area is 221 Å². The molecule has 0 aliphatic heterocycles. The Balaban J connectivity index is 1.90. The third-order valence-corrected chi connectivity index (χ3v) is 5.69. The van der Waals surface area contributed by atoms with Crippen molar-refractivity contribution in [1.82, 2.24) is 20.0 Å². The molecule has 0 radical (unpaired) electrons. The second-order valence-electron chi connectivity index (χ2n) is 8.68. The summed E-state index contributed by atoms with van der Waals surface area (Å²) in [7, 11) is 4.90. The number of hydrogen-bond donors (Lipinski definition) is 2. The van der Waals surface area contributed by atoms with Crippen LogP contribution in [0.25, 0.3) is 0 Å². The van der Waals surface area contributed by atoms with Gasteiger partial charge in [-0.1, -0.05) is 12.1 Å². The Kier molecular flexibility index (Phi) is 11.2. The zero-order chi connectivity index (χ0) is 28.2. The van der Waals surface area contributed by atoms with Gasteiger partial charge < -0.3 is 29.9 Å². The van der Waals surface area contributed by atoms with Crippen LogP contribution in [0.1, 0.15) is 29.8 Å². The van der Waals surface area contributed by atoms with Gasteiger partial charge in [0.25, 0.3) is 5.91 Å². The highest BCUT2D eigenvalue weighted by atomic mass is 16.6. The first kappa shape index (κ1) is 29.7. The van der Waals surface area contributed by atoms with Gasteiger partial charge in [-0.05, 0) is 35.9 Å². The number of amides is 4. The van der Waals surface area contributed by atoms with E-state index >= 15 is 0 Å². The van der Waals surface area contributed by atoms with Crippen molar-refractivity contribution in [3.05, 3.63) is 53.6 Å². The maximum atomic E-state index is 12.4. The highest BCUT2D eigenvalue weighted by Gasteiger charge is 2.13. The van der Waals surface area contributed by atoms with E-state index in [1.54, 1.807) is 45.4 Å². The number of benzene rings is 2. The number of phenols is 1. The van der Waals surface area contributed by atoms with E-state index in [4.69, 9.17) is 4.74 Å². The molecule has 2 aromatic rings. The van der Waals surface area contributed by atoms with E-state index in [9.17, 15) is 24.3 Å². The van der Waals surface area contributed by atoms with E-state index < -0.39 is 12.0 Å². The number of carbonyl (C=O) groups excluding carboxylic acids is 4. The maximum absolute atomic E-state index is 12.4. The molecule has 0 atom stereocenters. The summed E-state index contributed by atoms with van der Waals surface area (Å²) in [4.78, 5) is 51.5. The van der Waals surface area contributed by atoms with Crippen LogP contribution in [0.5, 0.6) is 5.75 Å². The fourth-order valence-electron chi connectivity index (χ4n) is 2.94. The van der Waals surface area contributed by atoms with Gasteiger partial charge in [0, 0.05) is 61.2 Å². The predicted octanol–water partition coefficient (Wildman–Crippen LogP) is 3.06. The van der Waals surface area contributed by atoms with Crippen LogP contribution in [0.4, 0.5) is 16.2 Å². The Morgan fingerprint density at radius 3 is 2.00 bits per heavy atom. The molecule has 0 aromatic heterocycles. The van der Waals surface area contributed by atoms with Gasteiger partial charge in [0.15, 0.2) is 0 Å². The smallest absolute Gasteiger partial charge is 0.409 e. The third-order valence-electron chi connectivity index (χ3n) is 5.69. The number of likely N-dealkylation sites (N-methyl/N-ethyl adjacent to an activating group) is 3. The first-order valence-corrected chi connectivity index (χ1v) is 11.9. The zero-order valence-corrected chi connectivity index (χ0v) is 22.3. The van der Waals surface area contributed by atoms with E-state index in [0.717, 1.165) is 5.56 Å². The zero-order valence-electron chi connectivity index (χ0n) is 22.3. The Morgan fingerprint density at radius 2 is 1.37 bits per heavy atom. The van der Waals surface area contributed by atoms with Crippen molar-refractivity contribution >= 4 is 35.2 Å². The van der Waals surface area contributed by atoms with Crippen LogP contribution < -0.4 is 5.32 Å². The fourth-order valence-corrected chi connectivity index (χ4v) is 2.94. The van der Waals surface area contributed by atoms with Crippen LogP contribution in [0.3, 0.4) is 0 Å². The number of hydrogen-bond acceptors (Lipinski definition) is 8. The third kappa shape index (κ3) is 9.52. The number of ether oxygens (including phenoxy) is 1. The molecule has 12 nitrogen and oxygen atoms in total. The molecule has 2 rings (SSSR count). The fraction of sp³-hybridized carbons (Fsp3) is 0.385. The minimum Gasteiger partial charge on any atom is -0.507 e. The van der Waals surface area contributed by atoms with Gasteiger partial charge in [-0.15, -0.1) is 0 Å². The molecular weight excluding hydrogens is 492 g/mol. The first-order valence-electron chi connectivity index (χ1n) is 11.9. The molecule has 204 valence electrons. The Morgan fingerprint density at radius 1 is 0.816 bits per heavy atom. The monoisotopic (exact) mass is 526 g/mol. The van der Waals surface area contributed by atoms with Crippen LogP contribution in [-0.2, 0) is 20.9 Å². The highest BCUT2D eigenvalue weighted by molar-refractivity contribution is 5.97. The summed E-state index contributed by atoms with van der Waals surface area (Å²) in [6.45, 7) is 4.30. The number of nitrogens with one attached hydrogen (secondary N) is 1. The molecule has 0 aliphatic carbocycles. The van der Waals surface area contributed by atoms with E-state index in [1.807, 2.05) is 0 Å². The average molecular weight is 527 g/mol. The standard InChI is InChI=1S/C26H34N6O6/c1-18(33)30(3)13-12-27-25(36)23-16-22(10-11-24(23)35)29-28-21-8-6-20(7-9-21)17-38-26(37)32(5)15-14-31(4)19(2)34/h6-11,16,35H,12-15,17H2,1-5H3,(H,27,36)/b29-28+. The van der Waals surface area contributed by atoms with Gasteiger partial charge in [0.1, 0.15) is 12.4 Å². The molecule has 0 spiro atoms. The number of carbonyl (C=O) groups is 4. The van der Waals surface area contributed by atoms with Crippen molar-refractivity contribution in [3.8, 4) is 5.75 Å². The van der Waals surface area contributed by atoms with Gasteiger partial charge in [-0.2, -0.15) is 10.2 Å². The van der Waals surface area contributed by atoms with Gasteiger partial charge in [0.05, 0.1) is 16.9 Å². The topological polar surface area (TPSA) is 144 Å². The van der Waals surface area contributed by atoms with Gasteiger partial charge in [-0.3, -0.25) is 14.4 Å². The number of nitrogens with zero attached hydrogens (tertiary/aromatic N) is 5. The largest absolute Gasteiger partial charge is 0.507 e. The van der Waals surface area contributed by atoms with E-state index in [-0.39, 0.29) is 36.3 Å². The van der Waals surface area contributed by atoms with Gasteiger partial charge in [0.2, 0.25) is 11.8 Å². The molecule has 0 bridgehead atoms. The minimum atomic E-state index is -0.497. The molecule has 0 aliphatic rings. The average Bonchev–Trinajstić information content (AvgIpc) is 2.89.